The van der Waals surface area contributed by atoms with Gasteiger partial charge >= 0.3 is 0 Å². The number of benzene rings is 1. The molecule has 20 heavy (non-hydrogen) atoms. The lowest BCUT2D eigenvalue weighted by Crippen LogP contribution is -2.03. The summed E-state index contributed by atoms with van der Waals surface area (Å²) in [5.74, 6) is 1.96. The lowest BCUT2D eigenvalue weighted by molar-refractivity contribution is 0.635. The minimum absolute atomic E-state index is 0.533. The van der Waals surface area contributed by atoms with Gasteiger partial charge in [-0.15, -0.1) is 0 Å². The highest BCUT2D eigenvalue weighted by Crippen LogP contribution is 2.26. The summed E-state index contributed by atoms with van der Waals surface area (Å²) < 4.78 is 0. The predicted octanol–water partition coefficient (Wildman–Crippen LogP) is 4.69. The van der Waals surface area contributed by atoms with Crippen LogP contribution < -0.4 is 5.32 Å². The molecule has 1 N–H and O–H groups in total. The molecule has 1 aromatic carbocycles. The van der Waals surface area contributed by atoms with E-state index in [0.717, 1.165) is 23.5 Å². The Morgan fingerprint density at radius 1 is 1.05 bits per heavy atom. The molecule has 2 rings (SSSR count). The van der Waals surface area contributed by atoms with Crippen LogP contribution in [0.25, 0.3) is 11.4 Å². The summed E-state index contributed by atoms with van der Waals surface area (Å²) in [6, 6.07) is 7.31. The SMILES string of the molecule is CNc1cc(CC(C)C)nc(-c2cc(Cl)cc(Cl)c2)n1. The van der Waals surface area contributed by atoms with E-state index in [-0.39, 0.29) is 0 Å². The maximum absolute atomic E-state index is 6.04. The maximum Gasteiger partial charge on any atom is 0.161 e. The molecule has 0 saturated carbocycles. The van der Waals surface area contributed by atoms with Crippen LogP contribution in [0, 0.1) is 5.92 Å². The molecule has 0 unspecified atom stereocenters. The number of nitrogens with one attached hydrogen (secondary N) is 1. The normalized spacial score (nSPS) is 10.9. The molecule has 0 aliphatic heterocycles. The van der Waals surface area contributed by atoms with E-state index in [4.69, 9.17) is 23.2 Å². The third kappa shape index (κ3) is 3.84. The Kier molecular flexibility index (Phi) is 4.84. The minimum atomic E-state index is 0.533. The zero-order valence-electron chi connectivity index (χ0n) is 11.7. The van der Waals surface area contributed by atoms with Crippen molar-refractivity contribution in [2.75, 3.05) is 12.4 Å². The largest absolute Gasteiger partial charge is 0.373 e. The maximum atomic E-state index is 6.04. The van der Waals surface area contributed by atoms with E-state index in [0.29, 0.717) is 21.8 Å². The van der Waals surface area contributed by atoms with Crippen molar-refractivity contribution in [1.29, 1.82) is 0 Å². The van der Waals surface area contributed by atoms with Crippen molar-refractivity contribution in [3.63, 3.8) is 0 Å². The second-order valence-electron chi connectivity index (χ2n) is 5.07. The Balaban J connectivity index is 2.49. The van der Waals surface area contributed by atoms with E-state index >= 15 is 0 Å². The molecule has 0 fully saturated rings. The van der Waals surface area contributed by atoms with Crippen LogP contribution >= 0.6 is 23.2 Å². The summed E-state index contributed by atoms with van der Waals surface area (Å²) in [4.78, 5) is 9.08. The Hall–Kier alpha value is -1.32. The summed E-state index contributed by atoms with van der Waals surface area (Å²) in [7, 11) is 1.84. The van der Waals surface area contributed by atoms with Crippen molar-refractivity contribution in [2.24, 2.45) is 5.92 Å². The van der Waals surface area contributed by atoms with Crippen LogP contribution in [0.15, 0.2) is 24.3 Å². The minimum Gasteiger partial charge on any atom is -0.373 e. The Morgan fingerprint density at radius 3 is 2.25 bits per heavy atom. The van der Waals surface area contributed by atoms with Crippen LogP contribution in [0.1, 0.15) is 19.5 Å². The standard InChI is InChI=1S/C15H17Cl2N3/c1-9(2)4-13-8-14(18-3)20-15(19-13)10-5-11(16)7-12(17)6-10/h5-9H,4H2,1-3H3,(H,18,19,20). The molecule has 5 heteroatoms. The van der Waals surface area contributed by atoms with Crippen LogP contribution in [-0.2, 0) is 6.42 Å². The van der Waals surface area contributed by atoms with Gasteiger partial charge in [0.15, 0.2) is 5.82 Å². The molecule has 0 aliphatic carbocycles. The van der Waals surface area contributed by atoms with Crippen molar-refractivity contribution < 1.29 is 0 Å². The third-order valence-electron chi connectivity index (χ3n) is 2.77. The zero-order chi connectivity index (χ0) is 14.7. The van der Waals surface area contributed by atoms with Crippen molar-refractivity contribution >= 4 is 29.0 Å². The molecule has 0 bridgehead atoms. The first kappa shape index (κ1) is 15.1. The van der Waals surface area contributed by atoms with Crippen LogP contribution in [0.4, 0.5) is 5.82 Å². The Morgan fingerprint density at radius 2 is 1.70 bits per heavy atom. The monoisotopic (exact) mass is 309 g/mol. The zero-order valence-corrected chi connectivity index (χ0v) is 13.3. The molecule has 106 valence electrons. The van der Waals surface area contributed by atoms with Gasteiger partial charge in [0.25, 0.3) is 0 Å². The third-order valence-corrected chi connectivity index (χ3v) is 3.21. The number of hydrogen-bond acceptors (Lipinski definition) is 3. The highest BCUT2D eigenvalue weighted by molar-refractivity contribution is 6.35. The first-order valence-corrected chi connectivity index (χ1v) is 7.25. The van der Waals surface area contributed by atoms with Gasteiger partial charge in [-0.05, 0) is 30.5 Å². The van der Waals surface area contributed by atoms with Gasteiger partial charge in [-0.3, -0.25) is 0 Å². The topological polar surface area (TPSA) is 37.8 Å². The van der Waals surface area contributed by atoms with E-state index in [1.54, 1.807) is 6.07 Å². The van der Waals surface area contributed by atoms with Gasteiger partial charge in [-0.25, -0.2) is 9.97 Å². The highest BCUT2D eigenvalue weighted by atomic mass is 35.5. The fourth-order valence-electron chi connectivity index (χ4n) is 1.96. The number of aromatic nitrogens is 2. The molecule has 1 aromatic heterocycles. The van der Waals surface area contributed by atoms with Crippen LogP contribution in [-0.4, -0.2) is 17.0 Å². The van der Waals surface area contributed by atoms with Crippen molar-refractivity contribution in [3.8, 4) is 11.4 Å². The van der Waals surface area contributed by atoms with E-state index in [2.05, 4.69) is 29.1 Å². The molecule has 0 atom stereocenters. The average Bonchev–Trinajstić information content (AvgIpc) is 2.36. The fourth-order valence-corrected chi connectivity index (χ4v) is 2.49. The summed E-state index contributed by atoms with van der Waals surface area (Å²) in [5.41, 5.74) is 1.83. The van der Waals surface area contributed by atoms with E-state index < -0.39 is 0 Å². The number of anilines is 1. The molecule has 0 saturated heterocycles. The van der Waals surface area contributed by atoms with Crippen LogP contribution in [0.5, 0.6) is 0 Å². The molecule has 3 nitrogen and oxygen atoms in total. The average molecular weight is 310 g/mol. The quantitative estimate of drug-likeness (QED) is 0.890. The van der Waals surface area contributed by atoms with E-state index in [9.17, 15) is 0 Å². The van der Waals surface area contributed by atoms with Gasteiger partial charge in [-0.2, -0.15) is 0 Å². The summed E-state index contributed by atoms with van der Waals surface area (Å²) >= 11 is 12.1. The summed E-state index contributed by atoms with van der Waals surface area (Å²) in [6.07, 6.45) is 0.901. The van der Waals surface area contributed by atoms with Crippen molar-refractivity contribution in [1.82, 2.24) is 9.97 Å². The molecule has 0 radical (unpaired) electrons. The Bertz CT molecular complexity index is 592. The number of halogens is 2. The van der Waals surface area contributed by atoms with Crippen molar-refractivity contribution in [3.05, 3.63) is 40.0 Å². The van der Waals surface area contributed by atoms with Gasteiger partial charge in [0, 0.05) is 34.4 Å². The predicted molar refractivity (Wildman–Crippen MR) is 85.6 cm³/mol. The lowest BCUT2D eigenvalue weighted by atomic mass is 10.1. The molecular formula is C15H17Cl2N3. The van der Waals surface area contributed by atoms with Gasteiger partial charge in [-0.1, -0.05) is 37.0 Å². The molecule has 1 heterocycles. The molecule has 0 aliphatic rings. The van der Waals surface area contributed by atoms with Gasteiger partial charge in [0.05, 0.1) is 0 Å². The highest BCUT2D eigenvalue weighted by Gasteiger charge is 2.09. The first-order valence-electron chi connectivity index (χ1n) is 6.50. The smallest absolute Gasteiger partial charge is 0.161 e. The summed E-state index contributed by atoms with van der Waals surface area (Å²) in [5, 5.41) is 4.22. The lowest BCUT2D eigenvalue weighted by Gasteiger charge is -2.10. The number of hydrogen-bond donors (Lipinski definition) is 1. The molecule has 2 aromatic rings. The van der Waals surface area contributed by atoms with Gasteiger partial charge in [0.1, 0.15) is 5.82 Å². The van der Waals surface area contributed by atoms with E-state index in [1.165, 1.54) is 0 Å². The van der Waals surface area contributed by atoms with E-state index in [1.807, 2.05) is 25.2 Å². The van der Waals surface area contributed by atoms with Crippen LogP contribution in [0.3, 0.4) is 0 Å². The molecule has 0 amide bonds. The first-order chi connectivity index (χ1) is 9.47. The number of rotatable bonds is 4. The molecular weight excluding hydrogens is 293 g/mol. The van der Waals surface area contributed by atoms with Gasteiger partial charge < -0.3 is 5.32 Å². The molecule has 0 spiro atoms. The Labute approximate surface area is 129 Å². The van der Waals surface area contributed by atoms with Gasteiger partial charge in [0.2, 0.25) is 0 Å². The van der Waals surface area contributed by atoms with Crippen LogP contribution in [0.2, 0.25) is 10.0 Å². The fraction of sp³-hybridized carbons (Fsp3) is 0.333. The second kappa shape index (κ2) is 6.42. The number of nitrogens with zero attached hydrogens (tertiary/aromatic N) is 2. The second-order valence-corrected chi connectivity index (χ2v) is 5.95. The summed E-state index contributed by atoms with van der Waals surface area (Å²) in [6.45, 7) is 4.33. The van der Waals surface area contributed by atoms with Crippen molar-refractivity contribution in [2.45, 2.75) is 20.3 Å².